The SMILES string of the molecule is CCCCCCCCCCCCOC(=O)/N=C(\N)c1ccc(-c2ccc(OC[C@@H]3C[C@@H](CC(=O)OC)C(=O)N3)cc2)cc1. The number of hydrogen-bond acceptors (Lipinski definition) is 6. The summed E-state index contributed by atoms with van der Waals surface area (Å²) < 4.78 is 15.8. The van der Waals surface area contributed by atoms with Gasteiger partial charge in [-0.3, -0.25) is 9.59 Å². The number of hydrogen-bond donors (Lipinski definition) is 2. The molecule has 0 spiro atoms. The first kappa shape index (κ1) is 33.6. The molecule has 0 aromatic heterocycles. The third kappa shape index (κ3) is 12.1. The average Bonchev–Trinajstić information content (AvgIpc) is 3.37. The summed E-state index contributed by atoms with van der Waals surface area (Å²) in [6, 6.07) is 14.9. The van der Waals surface area contributed by atoms with Gasteiger partial charge < -0.3 is 25.3 Å². The molecule has 9 heteroatoms. The van der Waals surface area contributed by atoms with Gasteiger partial charge in [0.2, 0.25) is 5.91 Å². The van der Waals surface area contributed by atoms with Crippen LogP contribution < -0.4 is 15.8 Å². The molecule has 9 nitrogen and oxygen atoms in total. The molecule has 0 unspecified atom stereocenters. The maximum Gasteiger partial charge on any atom is 0.435 e. The molecular weight excluding hydrogens is 546 g/mol. The topological polar surface area (TPSA) is 129 Å². The van der Waals surface area contributed by atoms with Crippen molar-refractivity contribution in [2.45, 2.75) is 90.0 Å². The third-order valence-electron chi connectivity index (χ3n) is 7.68. The van der Waals surface area contributed by atoms with Crippen molar-refractivity contribution in [3.8, 4) is 16.9 Å². The predicted octanol–water partition coefficient (Wildman–Crippen LogP) is 6.56. The molecule has 0 radical (unpaired) electrons. The largest absolute Gasteiger partial charge is 0.491 e. The summed E-state index contributed by atoms with van der Waals surface area (Å²) in [5.41, 5.74) is 8.65. The second-order valence-corrected chi connectivity index (χ2v) is 11.1. The van der Waals surface area contributed by atoms with E-state index in [2.05, 4.69) is 22.0 Å². The van der Waals surface area contributed by atoms with Crippen molar-refractivity contribution in [1.29, 1.82) is 0 Å². The van der Waals surface area contributed by atoms with Gasteiger partial charge in [-0.2, -0.15) is 4.99 Å². The number of nitrogens with zero attached hydrogens (tertiary/aromatic N) is 1. The lowest BCUT2D eigenvalue weighted by Crippen LogP contribution is -2.31. The Morgan fingerprint density at radius 1 is 0.884 bits per heavy atom. The Balaban J connectivity index is 1.36. The van der Waals surface area contributed by atoms with Gasteiger partial charge in [0.1, 0.15) is 18.2 Å². The van der Waals surface area contributed by atoms with E-state index in [1.807, 2.05) is 48.5 Å². The summed E-state index contributed by atoms with van der Waals surface area (Å²) >= 11 is 0. The molecule has 43 heavy (non-hydrogen) atoms. The van der Waals surface area contributed by atoms with Gasteiger partial charge in [0, 0.05) is 5.56 Å². The summed E-state index contributed by atoms with van der Waals surface area (Å²) in [6.07, 6.45) is 12.1. The molecule has 1 aliphatic heterocycles. The van der Waals surface area contributed by atoms with E-state index in [0.29, 0.717) is 30.9 Å². The number of carbonyl (C=O) groups is 3. The van der Waals surface area contributed by atoms with Crippen LogP contribution >= 0.6 is 0 Å². The minimum Gasteiger partial charge on any atom is -0.491 e. The van der Waals surface area contributed by atoms with Gasteiger partial charge in [-0.1, -0.05) is 101 Å². The van der Waals surface area contributed by atoms with Crippen LogP contribution in [-0.2, 0) is 19.1 Å². The van der Waals surface area contributed by atoms with Crippen LogP contribution in [0.2, 0.25) is 0 Å². The van der Waals surface area contributed by atoms with Crippen molar-refractivity contribution < 1.29 is 28.6 Å². The Morgan fingerprint density at radius 2 is 1.47 bits per heavy atom. The van der Waals surface area contributed by atoms with Gasteiger partial charge in [-0.05, 0) is 36.1 Å². The molecule has 234 valence electrons. The fourth-order valence-electron chi connectivity index (χ4n) is 5.12. The van der Waals surface area contributed by atoms with Crippen LogP contribution in [0, 0.1) is 5.92 Å². The number of ether oxygens (including phenoxy) is 3. The Morgan fingerprint density at radius 3 is 2.07 bits per heavy atom. The Bertz CT molecular complexity index is 1180. The quantitative estimate of drug-likeness (QED) is 0.0866. The van der Waals surface area contributed by atoms with Gasteiger partial charge in [0.05, 0.1) is 32.1 Å². The summed E-state index contributed by atoms with van der Waals surface area (Å²) in [6.45, 7) is 2.91. The molecule has 2 atom stereocenters. The fourth-order valence-corrected chi connectivity index (χ4v) is 5.12. The second-order valence-electron chi connectivity index (χ2n) is 11.1. The predicted molar refractivity (Wildman–Crippen MR) is 168 cm³/mol. The van der Waals surface area contributed by atoms with Crippen LogP contribution in [-0.4, -0.2) is 50.2 Å². The number of nitrogens with two attached hydrogens (primary N) is 1. The lowest BCUT2D eigenvalue weighted by Gasteiger charge is -2.12. The lowest BCUT2D eigenvalue weighted by atomic mass is 10.0. The molecule has 2 amide bonds. The fraction of sp³-hybridized carbons (Fsp3) is 0.529. The van der Waals surface area contributed by atoms with Crippen LogP contribution in [0.15, 0.2) is 53.5 Å². The van der Waals surface area contributed by atoms with E-state index < -0.39 is 12.1 Å². The normalized spacial score (nSPS) is 16.5. The van der Waals surface area contributed by atoms with Crippen molar-refractivity contribution in [1.82, 2.24) is 5.32 Å². The van der Waals surface area contributed by atoms with Crippen LogP contribution in [0.5, 0.6) is 5.75 Å². The summed E-state index contributed by atoms with van der Waals surface area (Å²) in [4.78, 5) is 39.5. The third-order valence-corrected chi connectivity index (χ3v) is 7.68. The van der Waals surface area contributed by atoms with Crippen LogP contribution in [0.25, 0.3) is 11.1 Å². The number of methoxy groups -OCH3 is 1. The highest BCUT2D eigenvalue weighted by molar-refractivity contribution is 6.03. The highest BCUT2D eigenvalue weighted by atomic mass is 16.5. The number of aliphatic imine (C=N–C) groups is 1. The average molecular weight is 594 g/mol. The second kappa shape index (κ2) is 18.6. The lowest BCUT2D eigenvalue weighted by molar-refractivity contribution is -0.143. The molecule has 2 aromatic carbocycles. The molecule has 1 fully saturated rings. The first-order valence-corrected chi connectivity index (χ1v) is 15.6. The van der Waals surface area contributed by atoms with Crippen molar-refractivity contribution >= 4 is 23.8 Å². The molecule has 1 heterocycles. The van der Waals surface area contributed by atoms with Crippen molar-refractivity contribution in [3.63, 3.8) is 0 Å². The number of amides is 2. The number of nitrogens with one attached hydrogen (secondary N) is 1. The minimum absolute atomic E-state index is 0.0767. The highest BCUT2D eigenvalue weighted by Gasteiger charge is 2.34. The van der Waals surface area contributed by atoms with E-state index in [0.717, 1.165) is 24.0 Å². The Hall–Kier alpha value is -3.88. The zero-order valence-corrected chi connectivity index (χ0v) is 25.6. The Labute approximate surface area is 255 Å². The Kier molecular flexibility index (Phi) is 14.6. The van der Waals surface area contributed by atoms with E-state index in [1.54, 1.807) is 0 Å². The van der Waals surface area contributed by atoms with Crippen LogP contribution in [0.1, 0.15) is 89.5 Å². The van der Waals surface area contributed by atoms with Gasteiger partial charge in [0.25, 0.3) is 0 Å². The van der Waals surface area contributed by atoms with E-state index >= 15 is 0 Å². The van der Waals surface area contributed by atoms with E-state index in [4.69, 9.17) is 15.2 Å². The van der Waals surface area contributed by atoms with Gasteiger partial charge in [-0.15, -0.1) is 0 Å². The number of rotatable bonds is 18. The molecule has 0 aliphatic carbocycles. The molecule has 2 aromatic rings. The number of esters is 1. The minimum atomic E-state index is -0.663. The van der Waals surface area contributed by atoms with E-state index in [9.17, 15) is 14.4 Å². The maximum atomic E-state index is 12.1. The molecular formula is C34H47N3O6. The highest BCUT2D eigenvalue weighted by Crippen LogP contribution is 2.24. The molecule has 1 saturated heterocycles. The van der Waals surface area contributed by atoms with Crippen molar-refractivity contribution in [2.75, 3.05) is 20.3 Å². The number of benzene rings is 2. The molecule has 3 rings (SSSR count). The maximum absolute atomic E-state index is 12.1. The molecule has 1 aliphatic rings. The van der Waals surface area contributed by atoms with Crippen molar-refractivity contribution in [3.05, 3.63) is 54.1 Å². The first-order chi connectivity index (χ1) is 20.9. The zero-order valence-electron chi connectivity index (χ0n) is 25.6. The smallest absolute Gasteiger partial charge is 0.435 e. The standard InChI is InChI=1S/C34H47N3O6/c1-3-4-5-6-7-8-9-10-11-12-21-42-34(40)37-32(35)27-15-13-25(14-16-27)26-17-19-30(20-18-26)43-24-29-22-28(33(39)36-29)23-31(38)41-2/h13-20,28-29H,3-12,21-24H2,1-2H3,(H,36,39)(H2,35,37,40)/t28-,29-/m0/s1. The van der Waals surface area contributed by atoms with Gasteiger partial charge in [0.15, 0.2) is 0 Å². The van der Waals surface area contributed by atoms with E-state index in [-0.39, 0.29) is 30.1 Å². The zero-order chi connectivity index (χ0) is 30.9. The molecule has 0 saturated carbocycles. The van der Waals surface area contributed by atoms with Gasteiger partial charge in [-0.25, -0.2) is 4.79 Å². The summed E-state index contributed by atoms with van der Waals surface area (Å²) in [5.74, 6) is -0.122. The first-order valence-electron chi connectivity index (χ1n) is 15.6. The summed E-state index contributed by atoms with van der Waals surface area (Å²) in [5, 5.41) is 2.87. The van der Waals surface area contributed by atoms with Crippen LogP contribution in [0.3, 0.4) is 0 Å². The number of amidine groups is 1. The van der Waals surface area contributed by atoms with Gasteiger partial charge >= 0.3 is 12.1 Å². The van der Waals surface area contributed by atoms with E-state index in [1.165, 1.54) is 58.5 Å². The molecule has 3 N–H and O–H groups in total. The number of carbonyl (C=O) groups excluding carboxylic acids is 3. The molecule has 0 bridgehead atoms. The van der Waals surface area contributed by atoms with Crippen LogP contribution in [0.4, 0.5) is 4.79 Å². The van der Waals surface area contributed by atoms with Crippen molar-refractivity contribution in [2.24, 2.45) is 16.6 Å². The number of unbranched alkanes of at least 4 members (excludes halogenated alkanes) is 9. The monoisotopic (exact) mass is 593 g/mol. The summed E-state index contributed by atoms with van der Waals surface area (Å²) in [7, 11) is 1.32.